The number of anilines is 1. The Kier molecular flexibility index (Phi) is 2.87. The van der Waals surface area contributed by atoms with Gasteiger partial charge in [-0.3, -0.25) is 4.79 Å². The van der Waals surface area contributed by atoms with E-state index in [2.05, 4.69) is 15.9 Å². The smallest absolute Gasteiger partial charge is 0.176 e. The Hall–Kier alpha value is -0.830. The van der Waals surface area contributed by atoms with Crippen molar-refractivity contribution in [3.05, 3.63) is 29.8 Å². The molecular formula is C9H10BrNO. The number of ketones is 1. The van der Waals surface area contributed by atoms with E-state index in [4.69, 9.17) is 5.73 Å². The quantitative estimate of drug-likeness (QED) is 0.479. The Morgan fingerprint density at radius 2 is 2.25 bits per heavy atom. The van der Waals surface area contributed by atoms with E-state index in [9.17, 15) is 4.79 Å². The van der Waals surface area contributed by atoms with Gasteiger partial charge >= 0.3 is 0 Å². The number of hydrogen-bond acceptors (Lipinski definition) is 2. The van der Waals surface area contributed by atoms with E-state index >= 15 is 0 Å². The number of nitrogen functional groups attached to an aromatic ring is 1. The first kappa shape index (κ1) is 9.26. The number of benzene rings is 1. The maximum atomic E-state index is 11.4. The molecule has 2 nitrogen and oxygen atoms in total. The van der Waals surface area contributed by atoms with Crippen LogP contribution in [-0.4, -0.2) is 10.6 Å². The monoisotopic (exact) mass is 227 g/mol. The van der Waals surface area contributed by atoms with Crippen molar-refractivity contribution < 1.29 is 4.79 Å². The molecule has 1 unspecified atom stereocenters. The normalized spacial score (nSPS) is 12.5. The van der Waals surface area contributed by atoms with Gasteiger partial charge in [-0.2, -0.15) is 0 Å². The van der Waals surface area contributed by atoms with Gasteiger partial charge in [0.2, 0.25) is 0 Å². The molecule has 0 heterocycles. The SMILES string of the molecule is CC(Br)C(=O)c1cccc(N)c1. The molecule has 0 saturated carbocycles. The molecule has 0 aliphatic carbocycles. The second-order valence-corrected chi connectivity index (χ2v) is 3.98. The van der Waals surface area contributed by atoms with Crippen LogP contribution in [0.2, 0.25) is 0 Å². The summed E-state index contributed by atoms with van der Waals surface area (Å²) in [5.74, 6) is 0.0577. The second kappa shape index (κ2) is 3.72. The van der Waals surface area contributed by atoms with E-state index in [1.165, 1.54) is 0 Å². The lowest BCUT2D eigenvalue weighted by molar-refractivity contribution is 0.0996. The Balaban J connectivity index is 2.96. The van der Waals surface area contributed by atoms with Crippen molar-refractivity contribution in [1.82, 2.24) is 0 Å². The number of halogens is 1. The average molecular weight is 228 g/mol. The minimum absolute atomic E-state index is 0.0577. The molecule has 0 amide bonds. The maximum Gasteiger partial charge on any atom is 0.176 e. The Morgan fingerprint density at radius 1 is 1.58 bits per heavy atom. The van der Waals surface area contributed by atoms with Gasteiger partial charge < -0.3 is 5.73 Å². The summed E-state index contributed by atoms with van der Waals surface area (Å²) in [4.78, 5) is 11.2. The molecule has 0 aliphatic heterocycles. The molecule has 64 valence electrons. The minimum atomic E-state index is -0.153. The molecule has 12 heavy (non-hydrogen) atoms. The molecule has 3 heteroatoms. The van der Waals surface area contributed by atoms with Gasteiger partial charge in [0.15, 0.2) is 5.78 Å². The van der Waals surface area contributed by atoms with E-state index in [-0.39, 0.29) is 10.6 Å². The van der Waals surface area contributed by atoms with Crippen molar-refractivity contribution >= 4 is 27.4 Å². The van der Waals surface area contributed by atoms with Crippen LogP contribution in [0.3, 0.4) is 0 Å². The summed E-state index contributed by atoms with van der Waals surface area (Å²) in [6.07, 6.45) is 0. The van der Waals surface area contributed by atoms with Crippen molar-refractivity contribution in [1.29, 1.82) is 0 Å². The van der Waals surface area contributed by atoms with Crippen LogP contribution in [0, 0.1) is 0 Å². The number of alkyl halides is 1. The van der Waals surface area contributed by atoms with E-state index in [1.54, 1.807) is 31.2 Å². The predicted molar refractivity (Wildman–Crippen MR) is 53.6 cm³/mol. The first-order valence-corrected chi connectivity index (χ1v) is 4.56. The zero-order valence-electron chi connectivity index (χ0n) is 6.75. The molecule has 0 fully saturated rings. The summed E-state index contributed by atoms with van der Waals surface area (Å²) in [6.45, 7) is 1.80. The highest BCUT2D eigenvalue weighted by atomic mass is 79.9. The molecule has 0 saturated heterocycles. The zero-order chi connectivity index (χ0) is 9.14. The number of hydrogen-bond donors (Lipinski definition) is 1. The number of Topliss-reactive ketones (excluding diaryl/α,β-unsaturated/α-hetero) is 1. The Bertz CT molecular complexity index is 296. The zero-order valence-corrected chi connectivity index (χ0v) is 8.34. The molecule has 0 radical (unpaired) electrons. The van der Waals surface area contributed by atoms with Crippen LogP contribution in [0.15, 0.2) is 24.3 Å². The van der Waals surface area contributed by atoms with Gasteiger partial charge in [0, 0.05) is 11.3 Å². The van der Waals surface area contributed by atoms with Crippen molar-refractivity contribution in [3.63, 3.8) is 0 Å². The van der Waals surface area contributed by atoms with Crippen molar-refractivity contribution in [2.24, 2.45) is 0 Å². The minimum Gasteiger partial charge on any atom is -0.399 e. The summed E-state index contributed by atoms with van der Waals surface area (Å²) in [5.41, 5.74) is 6.80. The van der Waals surface area contributed by atoms with Gasteiger partial charge in [-0.05, 0) is 19.1 Å². The molecule has 1 rings (SSSR count). The van der Waals surface area contributed by atoms with E-state index < -0.39 is 0 Å². The van der Waals surface area contributed by atoms with E-state index in [0.717, 1.165) is 0 Å². The average Bonchev–Trinajstić information content (AvgIpc) is 2.03. The van der Waals surface area contributed by atoms with Crippen molar-refractivity contribution in [2.75, 3.05) is 5.73 Å². The fourth-order valence-corrected chi connectivity index (χ4v) is 1.19. The molecule has 2 N–H and O–H groups in total. The van der Waals surface area contributed by atoms with Gasteiger partial charge in [-0.15, -0.1) is 0 Å². The summed E-state index contributed by atoms with van der Waals surface area (Å²) in [7, 11) is 0. The van der Waals surface area contributed by atoms with Crippen LogP contribution in [0.4, 0.5) is 5.69 Å². The number of nitrogens with two attached hydrogens (primary N) is 1. The fraction of sp³-hybridized carbons (Fsp3) is 0.222. The highest BCUT2D eigenvalue weighted by molar-refractivity contribution is 9.10. The highest BCUT2D eigenvalue weighted by Crippen LogP contribution is 2.12. The lowest BCUT2D eigenvalue weighted by Crippen LogP contribution is -2.09. The second-order valence-electron chi connectivity index (χ2n) is 2.61. The summed E-state index contributed by atoms with van der Waals surface area (Å²) in [6, 6.07) is 6.98. The Labute approximate surface area is 79.9 Å². The van der Waals surface area contributed by atoms with Gasteiger partial charge in [0.05, 0.1) is 4.83 Å². The largest absolute Gasteiger partial charge is 0.399 e. The molecule has 0 aromatic heterocycles. The number of carbonyl (C=O) groups excluding carboxylic acids is 1. The van der Waals surface area contributed by atoms with Gasteiger partial charge in [0.1, 0.15) is 0 Å². The van der Waals surface area contributed by atoms with Crippen molar-refractivity contribution in [3.8, 4) is 0 Å². The summed E-state index contributed by atoms with van der Waals surface area (Å²) < 4.78 is 0. The number of rotatable bonds is 2. The highest BCUT2D eigenvalue weighted by Gasteiger charge is 2.10. The van der Waals surface area contributed by atoms with Crippen LogP contribution in [-0.2, 0) is 0 Å². The van der Waals surface area contributed by atoms with Crippen molar-refractivity contribution in [2.45, 2.75) is 11.8 Å². The molecular weight excluding hydrogens is 218 g/mol. The summed E-state index contributed by atoms with van der Waals surface area (Å²) >= 11 is 3.21. The first-order chi connectivity index (χ1) is 5.61. The van der Waals surface area contributed by atoms with Crippen LogP contribution in [0.1, 0.15) is 17.3 Å². The predicted octanol–water partition coefficient (Wildman–Crippen LogP) is 2.23. The molecule has 1 atom stereocenters. The molecule has 0 spiro atoms. The molecule has 1 aromatic carbocycles. The van der Waals surface area contributed by atoms with E-state index in [1.807, 2.05) is 0 Å². The first-order valence-electron chi connectivity index (χ1n) is 3.65. The topological polar surface area (TPSA) is 43.1 Å². The summed E-state index contributed by atoms with van der Waals surface area (Å²) in [5, 5.41) is 0. The fourth-order valence-electron chi connectivity index (χ4n) is 0.922. The molecule has 0 aliphatic rings. The van der Waals surface area contributed by atoms with Gasteiger partial charge in [-0.1, -0.05) is 28.1 Å². The van der Waals surface area contributed by atoms with Gasteiger partial charge in [-0.25, -0.2) is 0 Å². The van der Waals surface area contributed by atoms with Crippen LogP contribution in [0.25, 0.3) is 0 Å². The third-order valence-corrected chi connectivity index (χ3v) is 1.95. The molecule has 1 aromatic rings. The lowest BCUT2D eigenvalue weighted by Gasteiger charge is -2.02. The van der Waals surface area contributed by atoms with Crippen LogP contribution in [0.5, 0.6) is 0 Å². The third kappa shape index (κ3) is 2.08. The van der Waals surface area contributed by atoms with E-state index in [0.29, 0.717) is 11.3 Å². The Morgan fingerprint density at radius 3 is 2.75 bits per heavy atom. The molecule has 0 bridgehead atoms. The maximum absolute atomic E-state index is 11.4. The third-order valence-electron chi connectivity index (χ3n) is 1.53. The standard InChI is InChI=1S/C9H10BrNO/c1-6(10)9(12)7-3-2-4-8(11)5-7/h2-6H,11H2,1H3. The number of carbonyl (C=O) groups is 1. The van der Waals surface area contributed by atoms with Crippen LogP contribution >= 0.6 is 15.9 Å². The van der Waals surface area contributed by atoms with Crippen LogP contribution < -0.4 is 5.73 Å². The lowest BCUT2D eigenvalue weighted by atomic mass is 10.1. The van der Waals surface area contributed by atoms with Gasteiger partial charge in [0.25, 0.3) is 0 Å².